The minimum Gasteiger partial charge on any atom is -0.381 e. The summed E-state index contributed by atoms with van der Waals surface area (Å²) in [5.41, 5.74) is 3.02. The summed E-state index contributed by atoms with van der Waals surface area (Å²) < 4.78 is 0. The van der Waals surface area contributed by atoms with Gasteiger partial charge in [-0.3, -0.25) is 10.1 Å². The van der Waals surface area contributed by atoms with Crippen LogP contribution in [0.15, 0.2) is 18.2 Å². The van der Waals surface area contributed by atoms with E-state index in [1.54, 1.807) is 0 Å². The van der Waals surface area contributed by atoms with Crippen molar-refractivity contribution in [2.24, 2.45) is 0 Å². The molecule has 1 aromatic rings. The molecule has 0 spiro atoms. The zero-order valence-corrected chi connectivity index (χ0v) is 7.71. The number of hydrogen-bond donors (Lipinski definition) is 3. The summed E-state index contributed by atoms with van der Waals surface area (Å²) in [6, 6.07) is 5.82. The maximum absolute atomic E-state index is 11.1. The molecule has 1 aliphatic heterocycles. The highest BCUT2D eigenvalue weighted by Crippen LogP contribution is 2.23. The maximum atomic E-state index is 11.1. The molecule has 0 unspecified atom stereocenters. The van der Waals surface area contributed by atoms with Crippen LogP contribution in [0.5, 0.6) is 0 Å². The van der Waals surface area contributed by atoms with Crippen molar-refractivity contribution in [3.05, 3.63) is 29.3 Å². The largest absolute Gasteiger partial charge is 0.381 e. The molecule has 0 fully saturated rings. The molecule has 1 amide bonds. The molecule has 3 N–H and O–H groups in total. The second kappa shape index (κ2) is 3.77. The topological polar surface area (TPSA) is 61.4 Å². The summed E-state index contributed by atoms with van der Waals surface area (Å²) in [6.45, 7) is 0.590. The molecule has 2 rings (SSSR count). The van der Waals surface area contributed by atoms with E-state index in [9.17, 15) is 4.79 Å². The number of aliphatic hydroxyl groups excluding tert-OH is 1. The maximum Gasteiger partial charge on any atom is 0.228 e. The van der Waals surface area contributed by atoms with E-state index >= 15 is 0 Å². The van der Waals surface area contributed by atoms with Gasteiger partial charge in [-0.1, -0.05) is 12.1 Å². The lowest BCUT2D eigenvalue weighted by Crippen LogP contribution is -2.13. The predicted octanol–water partition coefficient (Wildman–Crippen LogP) is 0.221. The normalized spacial score (nSPS) is 13.9. The fourth-order valence-corrected chi connectivity index (χ4v) is 1.59. The molecular weight excluding hydrogens is 180 g/mol. The molecule has 1 aliphatic rings. The van der Waals surface area contributed by atoms with Crippen molar-refractivity contribution in [3.8, 4) is 0 Å². The smallest absolute Gasteiger partial charge is 0.228 e. The Morgan fingerprint density at radius 2 is 2.36 bits per heavy atom. The van der Waals surface area contributed by atoms with Gasteiger partial charge in [0, 0.05) is 12.2 Å². The van der Waals surface area contributed by atoms with Crippen LogP contribution in [0.3, 0.4) is 0 Å². The average molecular weight is 192 g/mol. The number of hydrogen-bond acceptors (Lipinski definition) is 3. The molecule has 0 aliphatic carbocycles. The van der Waals surface area contributed by atoms with Crippen LogP contribution in [-0.4, -0.2) is 17.7 Å². The van der Waals surface area contributed by atoms with Gasteiger partial charge in [-0.05, 0) is 17.2 Å². The third-order valence-electron chi connectivity index (χ3n) is 2.24. The number of rotatable bonds is 3. The average Bonchev–Trinajstić information content (AvgIpc) is 2.54. The summed E-state index contributed by atoms with van der Waals surface area (Å²) in [5.74, 6) is 0.0484. The highest BCUT2D eigenvalue weighted by molar-refractivity contribution is 5.99. The first-order valence-corrected chi connectivity index (χ1v) is 4.53. The fraction of sp³-hybridized carbons (Fsp3) is 0.300. The van der Waals surface area contributed by atoms with Crippen molar-refractivity contribution in [2.75, 3.05) is 12.0 Å². The summed E-state index contributed by atoms with van der Waals surface area (Å²) in [5, 5.41) is 14.2. The minimum absolute atomic E-state index is 0.0335. The van der Waals surface area contributed by atoms with Gasteiger partial charge in [0.1, 0.15) is 0 Å². The van der Waals surface area contributed by atoms with Gasteiger partial charge < -0.3 is 10.4 Å². The van der Waals surface area contributed by atoms with Crippen molar-refractivity contribution < 1.29 is 9.90 Å². The van der Waals surface area contributed by atoms with Crippen LogP contribution in [0.25, 0.3) is 0 Å². The quantitative estimate of drug-likeness (QED) is 0.600. The predicted molar refractivity (Wildman–Crippen MR) is 52.7 cm³/mol. The Morgan fingerprint density at radius 1 is 1.50 bits per heavy atom. The Kier molecular flexibility index (Phi) is 2.47. The molecule has 74 valence electrons. The second-order valence-electron chi connectivity index (χ2n) is 3.30. The number of anilines is 1. The molecule has 1 aromatic carbocycles. The van der Waals surface area contributed by atoms with Crippen LogP contribution in [-0.2, 0) is 17.8 Å². The third kappa shape index (κ3) is 1.76. The molecule has 4 heteroatoms. The SMILES string of the molecule is O=C1Cc2cc(CNCO)ccc2N1. The molecule has 0 bridgehead atoms. The number of fused-ring (bicyclic) bond motifs is 1. The highest BCUT2D eigenvalue weighted by atomic mass is 16.3. The first-order valence-electron chi connectivity index (χ1n) is 4.53. The van der Waals surface area contributed by atoms with E-state index in [1.165, 1.54) is 0 Å². The number of nitrogens with one attached hydrogen (secondary N) is 2. The van der Waals surface area contributed by atoms with Crippen molar-refractivity contribution in [1.29, 1.82) is 0 Å². The summed E-state index contributed by atoms with van der Waals surface area (Å²) in [7, 11) is 0. The van der Waals surface area contributed by atoms with Crippen LogP contribution < -0.4 is 10.6 Å². The van der Waals surface area contributed by atoms with Crippen LogP contribution in [0.2, 0.25) is 0 Å². The van der Waals surface area contributed by atoms with E-state index in [0.717, 1.165) is 16.8 Å². The van der Waals surface area contributed by atoms with E-state index in [2.05, 4.69) is 10.6 Å². The molecule has 0 radical (unpaired) electrons. The van der Waals surface area contributed by atoms with Gasteiger partial charge >= 0.3 is 0 Å². The van der Waals surface area contributed by atoms with Crippen LogP contribution in [0, 0.1) is 0 Å². The third-order valence-corrected chi connectivity index (χ3v) is 2.24. The monoisotopic (exact) mass is 192 g/mol. The first kappa shape index (κ1) is 9.18. The molecule has 4 nitrogen and oxygen atoms in total. The summed E-state index contributed by atoms with van der Waals surface area (Å²) >= 11 is 0. The molecule has 1 heterocycles. The lowest BCUT2D eigenvalue weighted by atomic mass is 10.1. The highest BCUT2D eigenvalue weighted by Gasteiger charge is 2.16. The summed E-state index contributed by atoms with van der Waals surface area (Å²) in [6.07, 6.45) is 0.461. The number of amides is 1. The molecular formula is C10H12N2O2. The van der Waals surface area contributed by atoms with E-state index in [4.69, 9.17) is 5.11 Å². The fourth-order valence-electron chi connectivity index (χ4n) is 1.59. The van der Waals surface area contributed by atoms with Gasteiger partial charge in [-0.2, -0.15) is 0 Å². The molecule has 14 heavy (non-hydrogen) atoms. The van der Waals surface area contributed by atoms with Crippen molar-refractivity contribution in [3.63, 3.8) is 0 Å². The lowest BCUT2D eigenvalue weighted by molar-refractivity contribution is -0.115. The number of aliphatic hydroxyl groups is 1. The van der Waals surface area contributed by atoms with E-state index < -0.39 is 0 Å². The van der Waals surface area contributed by atoms with Crippen LogP contribution >= 0.6 is 0 Å². The molecule has 0 saturated heterocycles. The standard InChI is InChI=1S/C10H12N2O2/c13-6-11-5-7-1-2-9-8(3-7)4-10(14)12-9/h1-3,11,13H,4-6H2,(H,12,14). The first-order chi connectivity index (χ1) is 6.79. The lowest BCUT2D eigenvalue weighted by Gasteiger charge is -2.03. The second-order valence-corrected chi connectivity index (χ2v) is 3.30. The number of benzene rings is 1. The summed E-state index contributed by atoms with van der Waals surface area (Å²) in [4.78, 5) is 11.1. The van der Waals surface area contributed by atoms with Gasteiger partial charge in [0.15, 0.2) is 0 Å². The Morgan fingerprint density at radius 3 is 3.14 bits per heavy atom. The van der Waals surface area contributed by atoms with E-state index in [1.807, 2.05) is 18.2 Å². The van der Waals surface area contributed by atoms with Crippen molar-refractivity contribution >= 4 is 11.6 Å². The van der Waals surface area contributed by atoms with Crippen molar-refractivity contribution in [1.82, 2.24) is 5.32 Å². The Labute approximate surface area is 81.9 Å². The van der Waals surface area contributed by atoms with Gasteiger partial charge in [-0.15, -0.1) is 0 Å². The van der Waals surface area contributed by atoms with Crippen LogP contribution in [0.4, 0.5) is 5.69 Å². The van der Waals surface area contributed by atoms with Crippen LogP contribution in [0.1, 0.15) is 11.1 Å². The van der Waals surface area contributed by atoms with E-state index in [0.29, 0.717) is 13.0 Å². The minimum atomic E-state index is -0.0335. The molecule has 0 saturated carbocycles. The van der Waals surface area contributed by atoms with Gasteiger partial charge in [0.2, 0.25) is 5.91 Å². The Balaban J connectivity index is 2.16. The number of carbonyl (C=O) groups is 1. The van der Waals surface area contributed by atoms with Gasteiger partial charge in [0.25, 0.3) is 0 Å². The molecule has 0 aromatic heterocycles. The Bertz CT molecular complexity index is 363. The zero-order chi connectivity index (χ0) is 9.97. The number of carbonyl (C=O) groups excluding carboxylic acids is 1. The molecule has 0 atom stereocenters. The zero-order valence-electron chi connectivity index (χ0n) is 7.71. The Hall–Kier alpha value is -1.39. The van der Waals surface area contributed by atoms with E-state index in [-0.39, 0.29) is 12.6 Å². The van der Waals surface area contributed by atoms with Gasteiger partial charge in [-0.25, -0.2) is 0 Å². The van der Waals surface area contributed by atoms with Gasteiger partial charge in [0.05, 0.1) is 13.2 Å². The van der Waals surface area contributed by atoms with Crippen molar-refractivity contribution in [2.45, 2.75) is 13.0 Å².